The van der Waals surface area contributed by atoms with Crippen molar-refractivity contribution < 1.29 is 15.0 Å². The van der Waals surface area contributed by atoms with Gasteiger partial charge in [0.1, 0.15) is 0 Å². The molecule has 0 unspecified atom stereocenters. The van der Waals surface area contributed by atoms with Gasteiger partial charge in [0.2, 0.25) is 0 Å². The van der Waals surface area contributed by atoms with Crippen molar-refractivity contribution >= 4 is 5.78 Å². The van der Waals surface area contributed by atoms with Crippen LogP contribution in [0.3, 0.4) is 0 Å². The van der Waals surface area contributed by atoms with Crippen LogP contribution in [-0.4, -0.2) is 66.6 Å². The Balaban J connectivity index is 2.56. The number of hydrogen-bond acceptors (Lipinski definition) is 5. The van der Waals surface area contributed by atoms with Gasteiger partial charge in [-0.1, -0.05) is 0 Å². The third-order valence-corrected chi connectivity index (χ3v) is 2.64. The highest BCUT2D eigenvalue weighted by molar-refractivity contribution is 5.98. The van der Waals surface area contributed by atoms with Crippen molar-refractivity contribution in [1.82, 2.24) is 9.80 Å². The first kappa shape index (κ1) is 14.5. The van der Waals surface area contributed by atoms with Gasteiger partial charge in [0.15, 0.2) is 17.3 Å². The van der Waals surface area contributed by atoms with Crippen LogP contribution in [-0.2, 0) is 0 Å². The number of phenolic OH excluding ortho intramolecular Hbond substituents is 2. The summed E-state index contributed by atoms with van der Waals surface area (Å²) >= 11 is 0. The molecule has 0 aromatic heterocycles. The highest BCUT2D eigenvalue weighted by Gasteiger charge is 2.11. The summed E-state index contributed by atoms with van der Waals surface area (Å²) in [5.74, 6) is -0.559. The van der Waals surface area contributed by atoms with Crippen molar-refractivity contribution in [1.29, 1.82) is 0 Å². The van der Waals surface area contributed by atoms with E-state index in [1.165, 1.54) is 18.2 Å². The van der Waals surface area contributed by atoms with Crippen molar-refractivity contribution in [3.05, 3.63) is 23.8 Å². The fourth-order valence-electron chi connectivity index (χ4n) is 1.48. The standard InChI is InChI=1S/C13H20N2O3/c1-14(2)6-7-15(3)9-13(18)10-4-5-11(16)12(17)8-10/h4-5,8,16-17H,6-7,9H2,1-3H3. The van der Waals surface area contributed by atoms with E-state index < -0.39 is 0 Å². The molecule has 0 saturated carbocycles. The average molecular weight is 252 g/mol. The molecule has 1 aromatic rings. The van der Waals surface area contributed by atoms with Crippen LogP contribution in [0, 0.1) is 0 Å². The maximum atomic E-state index is 11.9. The third-order valence-electron chi connectivity index (χ3n) is 2.64. The Morgan fingerprint density at radius 1 is 1.11 bits per heavy atom. The van der Waals surface area contributed by atoms with E-state index in [9.17, 15) is 15.0 Å². The summed E-state index contributed by atoms with van der Waals surface area (Å²) in [6.45, 7) is 1.96. The van der Waals surface area contributed by atoms with Crippen molar-refractivity contribution in [2.75, 3.05) is 40.8 Å². The quantitative estimate of drug-likeness (QED) is 0.578. The van der Waals surface area contributed by atoms with Crippen LogP contribution in [0.25, 0.3) is 0 Å². The number of rotatable bonds is 6. The number of nitrogens with zero attached hydrogens (tertiary/aromatic N) is 2. The first-order valence-corrected chi connectivity index (χ1v) is 5.78. The Morgan fingerprint density at radius 3 is 2.33 bits per heavy atom. The molecular formula is C13H20N2O3. The van der Waals surface area contributed by atoms with Crippen LogP contribution >= 0.6 is 0 Å². The van der Waals surface area contributed by atoms with Gasteiger partial charge in [-0.25, -0.2) is 0 Å². The molecule has 0 radical (unpaired) electrons. The Hall–Kier alpha value is -1.59. The zero-order chi connectivity index (χ0) is 13.7. The zero-order valence-electron chi connectivity index (χ0n) is 11.1. The molecule has 0 heterocycles. The highest BCUT2D eigenvalue weighted by Crippen LogP contribution is 2.24. The van der Waals surface area contributed by atoms with Gasteiger partial charge in [-0.15, -0.1) is 0 Å². The largest absolute Gasteiger partial charge is 0.504 e. The molecule has 1 aromatic carbocycles. The minimum absolute atomic E-state index is 0.0773. The second-order valence-electron chi connectivity index (χ2n) is 4.67. The maximum Gasteiger partial charge on any atom is 0.176 e. The fourth-order valence-corrected chi connectivity index (χ4v) is 1.48. The number of ketones is 1. The lowest BCUT2D eigenvalue weighted by atomic mass is 10.1. The highest BCUT2D eigenvalue weighted by atomic mass is 16.3. The molecule has 0 aliphatic carbocycles. The number of hydrogen-bond donors (Lipinski definition) is 2. The molecular weight excluding hydrogens is 232 g/mol. The molecule has 5 nitrogen and oxygen atoms in total. The van der Waals surface area contributed by atoms with E-state index >= 15 is 0 Å². The van der Waals surface area contributed by atoms with Gasteiger partial charge in [0.25, 0.3) is 0 Å². The second-order valence-corrected chi connectivity index (χ2v) is 4.67. The number of benzene rings is 1. The van der Waals surface area contributed by atoms with Gasteiger partial charge in [-0.2, -0.15) is 0 Å². The van der Waals surface area contributed by atoms with Crippen LogP contribution in [0.1, 0.15) is 10.4 Å². The number of likely N-dealkylation sites (N-methyl/N-ethyl adjacent to an activating group) is 2. The van der Waals surface area contributed by atoms with Gasteiger partial charge >= 0.3 is 0 Å². The minimum Gasteiger partial charge on any atom is -0.504 e. The van der Waals surface area contributed by atoms with E-state index in [-0.39, 0.29) is 23.8 Å². The molecule has 0 atom stereocenters. The second kappa shape index (κ2) is 6.37. The predicted molar refractivity (Wildman–Crippen MR) is 70.2 cm³/mol. The van der Waals surface area contributed by atoms with Crippen LogP contribution in [0.2, 0.25) is 0 Å². The van der Waals surface area contributed by atoms with E-state index in [0.29, 0.717) is 5.56 Å². The molecule has 18 heavy (non-hydrogen) atoms. The molecule has 2 N–H and O–H groups in total. The smallest absolute Gasteiger partial charge is 0.176 e. The summed E-state index contributed by atoms with van der Waals surface area (Å²) in [5.41, 5.74) is 0.405. The summed E-state index contributed by atoms with van der Waals surface area (Å²) in [5, 5.41) is 18.5. The summed E-state index contributed by atoms with van der Waals surface area (Å²) in [7, 11) is 5.84. The number of aromatic hydroxyl groups is 2. The summed E-state index contributed by atoms with van der Waals surface area (Å²) in [4.78, 5) is 15.9. The molecule has 0 spiro atoms. The molecule has 5 heteroatoms. The zero-order valence-corrected chi connectivity index (χ0v) is 11.1. The number of carbonyl (C=O) groups excluding carboxylic acids is 1. The Bertz CT molecular complexity index is 419. The van der Waals surface area contributed by atoms with E-state index in [4.69, 9.17) is 0 Å². The fraction of sp³-hybridized carbons (Fsp3) is 0.462. The lowest BCUT2D eigenvalue weighted by molar-refractivity contribution is 0.0942. The number of phenols is 2. The normalized spacial score (nSPS) is 11.2. The number of Topliss-reactive ketones (excluding diaryl/α,β-unsaturated/α-hetero) is 1. The molecule has 0 fully saturated rings. The van der Waals surface area contributed by atoms with Gasteiger partial charge in [0, 0.05) is 18.7 Å². The molecule has 1 rings (SSSR count). The monoisotopic (exact) mass is 252 g/mol. The Labute approximate surface area is 107 Å². The topological polar surface area (TPSA) is 64.0 Å². The van der Waals surface area contributed by atoms with E-state index in [1.807, 2.05) is 30.9 Å². The van der Waals surface area contributed by atoms with Crippen molar-refractivity contribution in [2.45, 2.75) is 0 Å². The third kappa shape index (κ3) is 4.35. The first-order chi connectivity index (χ1) is 8.40. The van der Waals surface area contributed by atoms with Gasteiger partial charge in [-0.05, 0) is 39.3 Å². The summed E-state index contributed by atoms with van der Waals surface area (Å²) in [6, 6.07) is 4.12. The average Bonchev–Trinajstić information content (AvgIpc) is 2.30. The SMILES string of the molecule is CN(C)CCN(C)CC(=O)c1ccc(O)c(O)c1. The lowest BCUT2D eigenvalue weighted by Gasteiger charge is -2.18. The predicted octanol–water partition coefficient (Wildman–Crippen LogP) is 0.774. The van der Waals surface area contributed by atoms with E-state index in [0.717, 1.165) is 13.1 Å². The molecule has 0 saturated heterocycles. The van der Waals surface area contributed by atoms with Gasteiger partial charge < -0.3 is 15.1 Å². The van der Waals surface area contributed by atoms with Crippen molar-refractivity contribution in [3.63, 3.8) is 0 Å². The molecule has 0 aliphatic heterocycles. The summed E-state index contributed by atoms with van der Waals surface area (Å²) in [6.07, 6.45) is 0. The maximum absolute atomic E-state index is 11.9. The number of carbonyl (C=O) groups is 1. The van der Waals surface area contributed by atoms with Crippen molar-refractivity contribution in [3.8, 4) is 11.5 Å². The Kier molecular flexibility index (Phi) is 5.12. The van der Waals surface area contributed by atoms with Crippen LogP contribution in [0.5, 0.6) is 11.5 Å². The molecule has 0 bridgehead atoms. The van der Waals surface area contributed by atoms with Crippen molar-refractivity contribution in [2.24, 2.45) is 0 Å². The molecule has 0 amide bonds. The van der Waals surface area contributed by atoms with Crippen LogP contribution in [0.4, 0.5) is 0 Å². The van der Waals surface area contributed by atoms with Crippen LogP contribution < -0.4 is 0 Å². The molecule has 0 aliphatic rings. The van der Waals surface area contributed by atoms with Gasteiger partial charge in [0.05, 0.1) is 6.54 Å². The first-order valence-electron chi connectivity index (χ1n) is 5.78. The minimum atomic E-state index is -0.267. The van der Waals surface area contributed by atoms with E-state index in [1.54, 1.807) is 0 Å². The Morgan fingerprint density at radius 2 is 1.78 bits per heavy atom. The van der Waals surface area contributed by atoms with Gasteiger partial charge in [-0.3, -0.25) is 9.69 Å². The lowest BCUT2D eigenvalue weighted by Crippen LogP contribution is -2.32. The summed E-state index contributed by atoms with van der Waals surface area (Å²) < 4.78 is 0. The van der Waals surface area contributed by atoms with E-state index in [2.05, 4.69) is 0 Å². The van der Waals surface area contributed by atoms with Crippen LogP contribution in [0.15, 0.2) is 18.2 Å². The molecule has 100 valence electrons.